The summed E-state index contributed by atoms with van der Waals surface area (Å²) in [5.74, 6) is 1.73. The molecular weight excluding hydrogens is 210 g/mol. The third-order valence-electron chi connectivity index (χ3n) is 4.94. The standard InChI is InChI=1S/C15H29NO/c1-12-7-13(2)9-14(8-12)16-10-15(11-17)5-3-4-6-15/h12-14,16-17H,3-11H2,1-2H3. The highest BCUT2D eigenvalue weighted by Crippen LogP contribution is 2.37. The lowest BCUT2D eigenvalue weighted by Gasteiger charge is -2.35. The molecule has 0 saturated heterocycles. The minimum Gasteiger partial charge on any atom is -0.396 e. The van der Waals surface area contributed by atoms with Crippen LogP contribution in [0.1, 0.15) is 58.8 Å². The van der Waals surface area contributed by atoms with E-state index in [-0.39, 0.29) is 5.41 Å². The van der Waals surface area contributed by atoms with Crippen LogP contribution < -0.4 is 5.32 Å². The molecule has 0 aromatic heterocycles. The van der Waals surface area contributed by atoms with E-state index in [9.17, 15) is 5.11 Å². The number of hydrogen-bond donors (Lipinski definition) is 2. The first kappa shape index (κ1) is 13.4. The highest BCUT2D eigenvalue weighted by Gasteiger charge is 2.34. The van der Waals surface area contributed by atoms with Crippen molar-refractivity contribution in [1.82, 2.24) is 5.32 Å². The molecule has 2 atom stereocenters. The Balaban J connectivity index is 1.80. The molecule has 2 unspecified atom stereocenters. The van der Waals surface area contributed by atoms with Crippen LogP contribution in [0.5, 0.6) is 0 Å². The topological polar surface area (TPSA) is 32.3 Å². The molecule has 0 spiro atoms. The first-order valence-electron chi connectivity index (χ1n) is 7.48. The highest BCUT2D eigenvalue weighted by atomic mass is 16.3. The summed E-state index contributed by atoms with van der Waals surface area (Å²) in [6.07, 6.45) is 9.09. The zero-order valence-corrected chi connectivity index (χ0v) is 11.5. The van der Waals surface area contributed by atoms with Gasteiger partial charge in [-0.25, -0.2) is 0 Å². The Bertz CT molecular complexity index is 225. The van der Waals surface area contributed by atoms with Crippen molar-refractivity contribution >= 4 is 0 Å². The second kappa shape index (κ2) is 5.71. The lowest BCUT2D eigenvalue weighted by Crippen LogP contribution is -2.43. The van der Waals surface area contributed by atoms with Gasteiger partial charge in [0.2, 0.25) is 0 Å². The van der Waals surface area contributed by atoms with E-state index in [0.717, 1.165) is 18.4 Å². The van der Waals surface area contributed by atoms with E-state index in [4.69, 9.17) is 0 Å². The maximum Gasteiger partial charge on any atom is 0.0499 e. The van der Waals surface area contributed by atoms with Crippen molar-refractivity contribution in [2.75, 3.05) is 13.2 Å². The van der Waals surface area contributed by atoms with E-state index in [1.54, 1.807) is 0 Å². The van der Waals surface area contributed by atoms with Gasteiger partial charge in [-0.05, 0) is 43.9 Å². The molecule has 2 nitrogen and oxygen atoms in total. The van der Waals surface area contributed by atoms with Gasteiger partial charge in [-0.3, -0.25) is 0 Å². The Labute approximate surface area is 106 Å². The summed E-state index contributed by atoms with van der Waals surface area (Å²) in [4.78, 5) is 0. The van der Waals surface area contributed by atoms with Crippen molar-refractivity contribution in [1.29, 1.82) is 0 Å². The van der Waals surface area contributed by atoms with Crippen LogP contribution in [0.15, 0.2) is 0 Å². The van der Waals surface area contributed by atoms with E-state index in [2.05, 4.69) is 19.2 Å². The molecule has 0 bridgehead atoms. The van der Waals surface area contributed by atoms with Crippen molar-refractivity contribution in [3.8, 4) is 0 Å². The molecular formula is C15H29NO. The molecule has 0 radical (unpaired) electrons. The van der Waals surface area contributed by atoms with Crippen LogP contribution in [-0.4, -0.2) is 24.3 Å². The average molecular weight is 239 g/mol. The van der Waals surface area contributed by atoms with Gasteiger partial charge in [0.05, 0.1) is 0 Å². The lowest BCUT2D eigenvalue weighted by molar-refractivity contribution is 0.117. The van der Waals surface area contributed by atoms with Crippen LogP contribution in [0.25, 0.3) is 0 Å². The Morgan fingerprint density at radius 3 is 2.18 bits per heavy atom. The molecule has 0 aliphatic heterocycles. The summed E-state index contributed by atoms with van der Waals surface area (Å²) in [6, 6.07) is 0.692. The van der Waals surface area contributed by atoms with Crippen molar-refractivity contribution < 1.29 is 5.11 Å². The van der Waals surface area contributed by atoms with E-state index in [0.29, 0.717) is 12.6 Å². The van der Waals surface area contributed by atoms with Gasteiger partial charge in [0, 0.05) is 24.6 Å². The largest absolute Gasteiger partial charge is 0.396 e. The molecule has 2 aliphatic rings. The molecule has 0 heterocycles. The Hall–Kier alpha value is -0.0800. The summed E-state index contributed by atoms with van der Waals surface area (Å²) in [6.45, 7) is 6.16. The molecule has 100 valence electrons. The van der Waals surface area contributed by atoms with Gasteiger partial charge in [-0.2, -0.15) is 0 Å². The average Bonchev–Trinajstić information content (AvgIpc) is 2.74. The minimum absolute atomic E-state index is 0.212. The van der Waals surface area contributed by atoms with Crippen LogP contribution >= 0.6 is 0 Å². The van der Waals surface area contributed by atoms with E-state index in [1.807, 2.05) is 0 Å². The van der Waals surface area contributed by atoms with Crippen LogP contribution in [0.3, 0.4) is 0 Å². The van der Waals surface area contributed by atoms with E-state index >= 15 is 0 Å². The quantitative estimate of drug-likeness (QED) is 0.790. The predicted molar refractivity (Wildman–Crippen MR) is 72.0 cm³/mol. The molecule has 0 amide bonds. The summed E-state index contributed by atoms with van der Waals surface area (Å²) < 4.78 is 0. The molecule has 2 aliphatic carbocycles. The number of nitrogens with one attached hydrogen (secondary N) is 1. The van der Waals surface area contributed by atoms with Crippen molar-refractivity contribution in [3.05, 3.63) is 0 Å². The van der Waals surface area contributed by atoms with Gasteiger partial charge in [0.25, 0.3) is 0 Å². The zero-order valence-electron chi connectivity index (χ0n) is 11.5. The third kappa shape index (κ3) is 3.45. The van der Waals surface area contributed by atoms with Gasteiger partial charge in [-0.15, -0.1) is 0 Å². The fourth-order valence-corrected chi connectivity index (χ4v) is 3.99. The highest BCUT2D eigenvalue weighted by molar-refractivity contribution is 4.88. The normalized spacial score (nSPS) is 37.2. The molecule has 2 rings (SSSR count). The van der Waals surface area contributed by atoms with Gasteiger partial charge in [0.15, 0.2) is 0 Å². The van der Waals surface area contributed by atoms with Crippen molar-refractivity contribution in [2.24, 2.45) is 17.3 Å². The third-order valence-corrected chi connectivity index (χ3v) is 4.94. The van der Waals surface area contributed by atoms with Gasteiger partial charge >= 0.3 is 0 Å². The molecule has 0 aromatic carbocycles. The molecule has 2 N–H and O–H groups in total. The van der Waals surface area contributed by atoms with Gasteiger partial charge < -0.3 is 10.4 Å². The summed E-state index contributed by atoms with van der Waals surface area (Å²) in [5.41, 5.74) is 0.212. The number of hydrogen-bond acceptors (Lipinski definition) is 2. The number of aliphatic hydroxyl groups is 1. The van der Waals surface area contributed by atoms with Gasteiger partial charge in [0.1, 0.15) is 0 Å². The molecule has 2 fully saturated rings. The summed E-state index contributed by atoms with van der Waals surface area (Å²) in [5, 5.41) is 13.4. The zero-order chi connectivity index (χ0) is 12.3. The molecule has 2 saturated carbocycles. The van der Waals surface area contributed by atoms with Crippen molar-refractivity contribution in [2.45, 2.75) is 64.8 Å². The first-order valence-corrected chi connectivity index (χ1v) is 7.48. The van der Waals surface area contributed by atoms with Crippen LogP contribution in [-0.2, 0) is 0 Å². The van der Waals surface area contributed by atoms with E-state index < -0.39 is 0 Å². The van der Waals surface area contributed by atoms with Crippen molar-refractivity contribution in [3.63, 3.8) is 0 Å². The second-order valence-corrected chi connectivity index (χ2v) is 6.86. The fourth-order valence-electron chi connectivity index (χ4n) is 3.99. The van der Waals surface area contributed by atoms with Crippen LogP contribution in [0, 0.1) is 17.3 Å². The van der Waals surface area contributed by atoms with Crippen LogP contribution in [0.4, 0.5) is 0 Å². The molecule has 2 heteroatoms. The smallest absolute Gasteiger partial charge is 0.0499 e. The Morgan fingerprint density at radius 1 is 1.06 bits per heavy atom. The lowest BCUT2D eigenvalue weighted by atomic mass is 9.79. The number of rotatable bonds is 4. The van der Waals surface area contributed by atoms with Gasteiger partial charge in [-0.1, -0.05) is 26.7 Å². The SMILES string of the molecule is CC1CC(C)CC(NCC2(CO)CCCC2)C1. The Kier molecular flexibility index (Phi) is 4.48. The predicted octanol–water partition coefficient (Wildman–Crippen LogP) is 2.95. The summed E-state index contributed by atoms with van der Waals surface area (Å²) >= 11 is 0. The van der Waals surface area contributed by atoms with E-state index in [1.165, 1.54) is 44.9 Å². The molecule has 0 aromatic rings. The monoisotopic (exact) mass is 239 g/mol. The maximum atomic E-state index is 9.61. The first-order chi connectivity index (χ1) is 8.13. The molecule has 17 heavy (non-hydrogen) atoms. The number of aliphatic hydroxyl groups excluding tert-OH is 1. The fraction of sp³-hybridized carbons (Fsp3) is 1.00. The maximum absolute atomic E-state index is 9.61. The second-order valence-electron chi connectivity index (χ2n) is 6.86. The van der Waals surface area contributed by atoms with Crippen LogP contribution in [0.2, 0.25) is 0 Å². The Morgan fingerprint density at radius 2 is 1.65 bits per heavy atom. The summed E-state index contributed by atoms with van der Waals surface area (Å²) in [7, 11) is 0. The minimum atomic E-state index is 0.212.